The largest absolute Gasteiger partial charge is 0.357 e. The van der Waals surface area contributed by atoms with Crippen LogP contribution >= 0.6 is 11.8 Å². The summed E-state index contributed by atoms with van der Waals surface area (Å²) in [5.41, 5.74) is 3.93. The molecule has 0 fully saturated rings. The van der Waals surface area contributed by atoms with Crippen molar-refractivity contribution in [2.75, 3.05) is 5.75 Å². The van der Waals surface area contributed by atoms with E-state index >= 15 is 0 Å². The predicted molar refractivity (Wildman–Crippen MR) is 97.9 cm³/mol. The third-order valence-electron chi connectivity index (χ3n) is 4.22. The Bertz CT molecular complexity index is 1180. The zero-order chi connectivity index (χ0) is 16.8. The van der Waals surface area contributed by atoms with Crippen LogP contribution in [0.15, 0.2) is 45.1 Å². The predicted octanol–water partition coefficient (Wildman–Crippen LogP) is 2.82. The molecule has 0 unspecified atom stereocenters. The Morgan fingerprint density at radius 3 is 2.71 bits per heavy atom. The van der Waals surface area contributed by atoms with Crippen molar-refractivity contribution in [3.63, 3.8) is 0 Å². The lowest BCUT2D eigenvalue weighted by Crippen LogP contribution is -2.11. The van der Waals surface area contributed by atoms with Gasteiger partial charge in [-0.3, -0.25) is 9.36 Å². The normalized spacial score (nSPS) is 11.6. The van der Waals surface area contributed by atoms with Gasteiger partial charge < -0.3 is 15.0 Å². The van der Waals surface area contributed by atoms with Gasteiger partial charge in [0.05, 0.1) is 11.0 Å². The van der Waals surface area contributed by atoms with Crippen molar-refractivity contribution in [3.05, 3.63) is 51.4 Å². The summed E-state index contributed by atoms with van der Waals surface area (Å²) in [6.07, 6.45) is 3.50. The van der Waals surface area contributed by atoms with E-state index in [-0.39, 0.29) is 11.2 Å². The minimum atomic E-state index is -0.141. The molecule has 24 heavy (non-hydrogen) atoms. The molecule has 3 heterocycles. The van der Waals surface area contributed by atoms with Crippen molar-refractivity contribution in [2.45, 2.75) is 11.8 Å². The summed E-state index contributed by atoms with van der Waals surface area (Å²) in [4.78, 5) is 33.7. The second-order valence-corrected chi connectivity index (χ2v) is 6.83. The summed E-state index contributed by atoms with van der Waals surface area (Å²) in [6.45, 7) is 2.08. The molecule has 0 atom stereocenters. The van der Waals surface area contributed by atoms with Crippen molar-refractivity contribution in [3.8, 4) is 11.1 Å². The molecule has 0 amide bonds. The molecule has 0 aliphatic carbocycles. The first kappa shape index (κ1) is 14.9. The average Bonchev–Trinajstić information content (AvgIpc) is 3.16. The highest BCUT2D eigenvalue weighted by molar-refractivity contribution is 7.99. The van der Waals surface area contributed by atoms with Gasteiger partial charge in [-0.05, 0) is 23.4 Å². The van der Waals surface area contributed by atoms with Crippen LogP contribution in [0.3, 0.4) is 0 Å². The summed E-state index contributed by atoms with van der Waals surface area (Å²) in [6, 6.07) is 5.85. The monoisotopic (exact) mass is 340 g/mol. The Morgan fingerprint density at radius 2 is 1.92 bits per heavy atom. The van der Waals surface area contributed by atoms with Gasteiger partial charge >= 0.3 is 5.69 Å². The molecule has 3 N–H and O–H groups in total. The number of rotatable bonds is 3. The number of H-pyrrole nitrogens is 3. The maximum Gasteiger partial charge on any atom is 0.326 e. The summed E-state index contributed by atoms with van der Waals surface area (Å²) >= 11 is 1.68. The number of aryl methyl sites for hydroxylation is 1. The van der Waals surface area contributed by atoms with E-state index in [2.05, 4.69) is 21.9 Å². The molecular weight excluding hydrogens is 324 g/mol. The second-order valence-electron chi connectivity index (χ2n) is 5.56. The number of aromatic amines is 3. The number of benzene rings is 1. The molecule has 6 nitrogen and oxygen atoms in total. The van der Waals surface area contributed by atoms with E-state index in [9.17, 15) is 9.59 Å². The highest BCUT2D eigenvalue weighted by Gasteiger charge is 2.16. The number of hydrogen-bond acceptors (Lipinski definition) is 3. The van der Waals surface area contributed by atoms with Crippen LogP contribution in [0.25, 0.3) is 33.1 Å². The molecule has 0 aliphatic heterocycles. The van der Waals surface area contributed by atoms with Crippen molar-refractivity contribution < 1.29 is 0 Å². The maximum absolute atomic E-state index is 12.0. The molecule has 0 spiro atoms. The molecular formula is C17H16N4O2S. The number of pyridine rings is 1. The average molecular weight is 340 g/mol. The first-order chi connectivity index (χ1) is 11.6. The van der Waals surface area contributed by atoms with Gasteiger partial charge in [-0.25, -0.2) is 4.79 Å². The van der Waals surface area contributed by atoms with Crippen LogP contribution in [0.5, 0.6) is 0 Å². The van der Waals surface area contributed by atoms with Gasteiger partial charge in [0.1, 0.15) is 5.52 Å². The van der Waals surface area contributed by atoms with Gasteiger partial charge in [0.2, 0.25) is 0 Å². The van der Waals surface area contributed by atoms with Gasteiger partial charge in [0.15, 0.2) is 0 Å². The molecule has 1 aromatic carbocycles. The summed E-state index contributed by atoms with van der Waals surface area (Å²) in [7, 11) is 1.76. The maximum atomic E-state index is 12.0. The molecule has 3 aromatic heterocycles. The summed E-state index contributed by atoms with van der Waals surface area (Å²) < 4.78 is 1.61. The van der Waals surface area contributed by atoms with Crippen LogP contribution in [0.4, 0.5) is 0 Å². The van der Waals surface area contributed by atoms with Crippen LogP contribution in [0.2, 0.25) is 0 Å². The minimum absolute atomic E-state index is 0.131. The Hall–Kier alpha value is -2.67. The molecule has 4 rings (SSSR count). The van der Waals surface area contributed by atoms with Crippen LogP contribution in [-0.2, 0) is 7.05 Å². The number of nitrogens with zero attached hydrogens (tertiary/aromatic N) is 1. The fourth-order valence-corrected chi connectivity index (χ4v) is 3.99. The van der Waals surface area contributed by atoms with Gasteiger partial charge in [0.25, 0.3) is 5.56 Å². The Labute approximate surface area is 140 Å². The lowest BCUT2D eigenvalue weighted by molar-refractivity contribution is 0.891. The van der Waals surface area contributed by atoms with Gasteiger partial charge in [-0.1, -0.05) is 13.0 Å². The highest BCUT2D eigenvalue weighted by atomic mass is 32.2. The van der Waals surface area contributed by atoms with Crippen LogP contribution in [0.1, 0.15) is 6.92 Å². The number of thioether (sulfide) groups is 1. The Balaban J connectivity index is 2.10. The first-order valence-corrected chi connectivity index (χ1v) is 8.64. The standard InChI is InChI=1S/C17H16N4O2S/c1-3-24-15-10(4-5-12-14(15)20-17(23)21(12)2)11-8-19-16(22)13-9(11)6-7-18-13/h4-8,18H,3H2,1-2H3,(H,19,22)(H,20,23). The van der Waals surface area contributed by atoms with Gasteiger partial charge in [-0.2, -0.15) is 0 Å². The van der Waals surface area contributed by atoms with Crippen molar-refractivity contribution >= 4 is 33.7 Å². The quantitative estimate of drug-likeness (QED) is 0.501. The van der Waals surface area contributed by atoms with E-state index in [4.69, 9.17) is 0 Å². The van der Waals surface area contributed by atoms with Crippen molar-refractivity contribution in [1.82, 2.24) is 19.5 Å². The topological polar surface area (TPSA) is 86.4 Å². The number of nitrogens with one attached hydrogen (secondary N) is 3. The fourth-order valence-electron chi connectivity index (χ4n) is 3.07. The van der Waals surface area contributed by atoms with Crippen molar-refractivity contribution in [2.24, 2.45) is 7.05 Å². The molecule has 4 aromatic rings. The molecule has 122 valence electrons. The van der Waals surface area contributed by atoms with E-state index < -0.39 is 0 Å². The smallest absolute Gasteiger partial charge is 0.326 e. The number of fused-ring (bicyclic) bond motifs is 2. The SMILES string of the molecule is CCSc1c(-c2c[nH]c(=O)c3[nH]ccc23)ccc2c1[nH]c(=O)n2C. The molecule has 0 radical (unpaired) electrons. The highest BCUT2D eigenvalue weighted by Crippen LogP contribution is 2.38. The van der Waals surface area contributed by atoms with Gasteiger partial charge in [0, 0.05) is 35.3 Å². The van der Waals surface area contributed by atoms with E-state index in [0.717, 1.165) is 38.2 Å². The Kier molecular flexibility index (Phi) is 3.38. The minimum Gasteiger partial charge on any atom is -0.357 e. The van der Waals surface area contributed by atoms with Gasteiger partial charge in [-0.15, -0.1) is 11.8 Å². The number of hydrogen-bond donors (Lipinski definition) is 3. The summed E-state index contributed by atoms with van der Waals surface area (Å²) in [5, 5.41) is 0.870. The van der Waals surface area contributed by atoms with E-state index in [1.165, 1.54) is 0 Å². The summed E-state index contributed by atoms with van der Waals surface area (Å²) in [5.74, 6) is 0.878. The second kappa shape index (κ2) is 5.45. The zero-order valence-electron chi connectivity index (χ0n) is 13.3. The number of imidazole rings is 1. The molecule has 0 aliphatic rings. The lowest BCUT2D eigenvalue weighted by Gasteiger charge is -2.11. The third-order valence-corrected chi connectivity index (χ3v) is 5.23. The van der Waals surface area contributed by atoms with Crippen LogP contribution < -0.4 is 11.2 Å². The first-order valence-electron chi connectivity index (χ1n) is 7.65. The number of aromatic nitrogens is 4. The zero-order valence-corrected chi connectivity index (χ0v) is 14.1. The van der Waals surface area contributed by atoms with Crippen LogP contribution in [0, 0.1) is 0 Å². The molecule has 0 bridgehead atoms. The van der Waals surface area contributed by atoms with Crippen LogP contribution in [-0.4, -0.2) is 25.3 Å². The molecule has 0 saturated heterocycles. The lowest BCUT2D eigenvalue weighted by atomic mass is 10.0. The van der Waals surface area contributed by atoms with E-state index in [0.29, 0.717) is 5.52 Å². The third kappa shape index (κ3) is 2.05. The fraction of sp³-hybridized carbons (Fsp3) is 0.176. The van der Waals surface area contributed by atoms with Crippen molar-refractivity contribution in [1.29, 1.82) is 0 Å². The Morgan fingerprint density at radius 1 is 1.08 bits per heavy atom. The molecule has 0 saturated carbocycles. The van der Waals surface area contributed by atoms with E-state index in [1.54, 1.807) is 35.8 Å². The van der Waals surface area contributed by atoms with E-state index in [1.807, 2.05) is 18.2 Å². The molecule has 7 heteroatoms.